The van der Waals surface area contributed by atoms with E-state index < -0.39 is 5.97 Å². The summed E-state index contributed by atoms with van der Waals surface area (Å²) in [5.41, 5.74) is 5.12. The summed E-state index contributed by atoms with van der Waals surface area (Å²) >= 11 is 1.78. The van der Waals surface area contributed by atoms with E-state index >= 15 is 0 Å². The molecule has 0 aliphatic rings. The van der Waals surface area contributed by atoms with Crippen LogP contribution in [-0.4, -0.2) is 29.6 Å². The van der Waals surface area contributed by atoms with Gasteiger partial charge in [-0.1, -0.05) is 31.8 Å². The summed E-state index contributed by atoms with van der Waals surface area (Å²) in [7, 11) is 0. The van der Waals surface area contributed by atoms with Crippen molar-refractivity contribution in [2.24, 2.45) is 5.73 Å². The first-order valence-electron chi connectivity index (χ1n) is 6.70. The van der Waals surface area contributed by atoms with Crippen LogP contribution < -0.4 is 5.73 Å². The molecule has 108 valence electrons. The molecule has 18 heavy (non-hydrogen) atoms. The zero-order chi connectivity index (χ0) is 14.1. The van der Waals surface area contributed by atoms with E-state index in [1.807, 2.05) is 12.3 Å². The molecule has 0 heterocycles. The van der Waals surface area contributed by atoms with Gasteiger partial charge < -0.3 is 10.8 Å². The summed E-state index contributed by atoms with van der Waals surface area (Å²) in [5, 5.41) is 8.38. The highest BCUT2D eigenvalue weighted by molar-refractivity contribution is 7.98. The Morgan fingerprint density at radius 2 is 1.78 bits per heavy atom. The number of allylic oxidation sites excluding steroid dienone is 1. The van der Waals surface area contributed by atoms with Crippen LogP contribution in [0.4, 0.5) is 0 Å². The third kappa shape index (κ3) is 24.7. The van der Waals surface area contributed by atoms with Crippen LogP contribution in [0.15, 0.2) is 12.7 Å². The minimum absolute atomic E-state index is 0.326. The molecule has 0 saturated heterocycles. The van der Waals surface area contributed by atoms with Gasteiger partial charge in [0.05, 0.1) is 0 Å². The maximum atomic E-state index is 10.2. The average Bonchev–Trinajstić information content (AvgIpc) is 2.34. The van der Waals surface area contributed by atoms with Crippen LogP contribution >= 0.6 is 11.8 Å². The van der Waals surface area contributed by atoms with Crippen LogP contribution in [0.5, 0.6) is 0 Å². The molecule has 4 heteroatoms. The van der Waals surface area contributed by atoms with Crippen molar-refractivity contribution in [3.05, 3.63) is 12.7 Å². The standard InChI is InChI=1S/C11H20O2.C3H9NS/c1-2-3-4-5-6-7-8-9-10-11(12)13;1-5-3-2-4/h2H,1,3-10H2,(H,12,13);2-4H2,1H3. The van der Waals surface area contributed by atoms with Gasteiger partial charge in [0.25, 0.3) is 0 Å². The molecule has 0 aliphatic carbocycles. The predicted molar refractivity (Wildman–Crippen MR) is 82.2 cm³/mol. The van der Waals surface area contributed by atoms with Crippen LogP contribution in [0.3, 0.4) is 0 Å². The average molecular weight is 275 g/mol. The van der Waals surface area contributed by atoms with E-state index in [1.165, 1.54) is 25.7 Å². The summed E-state index contributed by atoms with van der Waals surface area (Å²) in [4.78, 5) is 10.2. The van der Waals surface area contributed by atoms with Crippen LogP contribution in [0.2, 0.25) is 0 Å². The molecule has 0 aliphatic heterocycles. The van der Waals surface area contributed by atoms with Crippen LogP contribution in [0, 0.1) is 0 Å². The number of carboxylic acids is 1. The first kappa shape index (κ1) is 19.9. The summed E-state index contributed by atoms with van der Waals surface area (Å²) in [6, 6.07) is 0. The van der Waals surface area contributed by atoms with Gasteiger partial charge in [0.1, 0.15) is 0 Å². The number of thioether (sulfide) groups is 1. The number of carbonyl (C=O) groups is 1. The Morgan fingerprint density at radius 3 is 2.17 bits per heavy atom. The highest BCUT2D eigenvalue weighted by Gasteiger charge is 1.95. The summed E-state index contributed by atoms with van der Waals surface area (Å²) < 4.78 is 0. The second kappa shape index (κ2) is 18.9. The number of rotatable bonds is 11. The molecule has 3 nitrogen and oxygen atoms in total. The Balaban J connectivity index is 0. The number of hydrogen-bond acceptors (Lipinski definition) is 3. The van der Waals surface area contributed by atoms with Crippen molar-refractivity contribution >= 4 is 17.7 Å². The molecule has 0 rings (SSSR count). The summed E-state index contributed by atoms with van der Waals surface area (Å²) in [5.74, 6) is 0.409. The van der Waals surface area contributed by atoms with Gasteiger partial charge in [-0.05, 0) is 25.5 Å². The Hall–Kier alpha value is -0.480. The highest BCUT2D eigenvalue weighted by Crippen LogP contribution is 2.08. The molecule has 0 amide bonds. The highest BCUT2D eigenvalue weighted by atomic mass is 32.2. The largest absolute Gasteiger partial charge is 0.481 e. The van der Waals surface area contributed by atoms with E-state index in [2.05, 4.69) is 6.58 Å². The van der Waals surface area contributed by atoms with E-state index in [0.29, 0.717) is 6.42 Å². The number of unbranched alkanes of at least 4 members (excludes halogenated alkanes) is 6. The first-order chi connectivity index (χ1) is 8.68. The first-order valence-corrected chi connectivity index (χ1v) is 8.10. The topological polar surface area (TPSA) is 63.3 Å². The van der Waals surface area contributed by atoms with Crippen LogP contribution in [0.1, 0.15) is 51.4 Å². The lowest BCUT2D eigenvalue weighted by atomic mass is 10.1. The van der Waals surface area contributed by atoms with E-state index in [9.17, 15) is 4.79 Å². The van der Waals surface area contributed by atoms with E-state index in [4.69, 9.17) is 10.8 Å². The lowest BCUT2D eigenvalue weighted by Crippen LogP contribution is -1.99. The molecule has 0 aromatic carbocycles. The lowest BCUT2D eigenvalue weighted by Gasteiger charge is -1.98. The van der Waals surface area contributed by atoms with Gasteiger partial charge in [-0.15, -0.1) is 6.58 Å². The fourth-order valence-electron chi connectivity index (χ4n) is 1.39. The Kier molecular flexibility index (Phi) is 20.8. The quantitative estimate of drug-likeness (QED) is 0.446. The van der Waals surface area contributed by atoms with Gasteiger partial charge in [0, 0.05) is 18.7 Å². The number of aliphatic carboxylic acids is 1. The minimum Gasteiger partial charge on any atom is -0.481 e. The van der Waals surface area contributed by atoms with Gasteiger partial charge in [0.2, 0.25) is 0 Å². The molecule has 0 radical (unpaired) electrons. The van der Waals surface area contributed by atoms with Gasteiger partial charge in [-0.25, -0.2) is 0 Å². The van der Waals surface area contributed by atoms with E-state index in [1.54, 1.807) is 11.8 Å². The van der Waals surface area contributed by atoms with Crippen LogP contribution in [0.25, 0.3) is 0 Å². The predicted octanol–water partition coefficient (Wildman–Crippen LogP) is 3.69. The molecule has 0 fully saturated rings. The van der Waals surface area contributed by atoms with E-state index in [0.717, 1.165) is 31.6 Å². The van der Waals surface area contributed by atoms with Crippen molar-refractivity contribution < 1.29 is 9.90 Å². The zero-order valence-electron chi connectivity index (χ0n) is 11.7. The smallest absolute Gasteiger partial charge is 0.303 e. The molecule has 0 unspecified atom stereocenters. The van der Waals surface area contributed by atoms with E-state index in [-0.39, 0.29) is 0 Å². The van der Waals surface area contributed by atoms with Crippen molar-refractivity contribution in [2.75, 3.05) is 18.6 Å². The van der Waals surface area contributed by atoms with Crippen molar-refractivity contribution in [2.45, 2.75) is 51.4 Å². The number of nitrogens with two attached hydrogens (primary N) is 1. The van der Waals surface area contributed by atoms with Crippen molar-refractivity contribution in [3.63, 3.8) is 0 Å². The molecule has 3 N–H and O–H groups in total. The zero-order valence-corrected chi connectivity index (χ0v) is 12.5. The SMILES string of the molecule is C=CCCCCCCCCC(=O)O.CSCCN. The Labute approximate surface area is 116 Å². The molecule has 0 bridgehead atoms. The Bertz CT molecular complexity index is 185. The summed E-state index contributed by atoms with van der Waals surface area (Å²) in [6.45, 7) is 4.47. The lowest BCUT2D eigenvalue weighted by molar-refractivity contribution is -0.137. The maximum Gasteiger partial charge on any atom is 0.303 e. The maximum absolute atomic E-state index is 10.2. The number of carboxylic acid groups (broad SMARTS) is 1. The monoisotopic (exact) mass is 275 g/mol. The third-order valence-electron chi connectivity index (χ3n) is 2.37. The molecule has 0 atom stereocenters. The van der Waals surface area contributed by atoms with Gasteiger partial charge in [-0.3, -0.25) is 4.79 Å². The number of hydrogen-bond donors (Lipinski definition) is 2. The molecule has 0 aromatic heterocycles. The van der Waals surface area contributed by atoms with Gasteiger partial charge >= 0.3 is 5.97 Å². The second-order valence-electron chi connectivity index (χ2n) is 4.12. The third-order valence-corrected chi connectivity index (χ3v) is 3.01. The van der Waals surface area contributed by atoms with Crippen molar-refractivity contribution in [3.8, 4) is 0 Å². The molecule has 0 aromatic rings. The second-order valence-corrected chi connectivity index (χ2v) is 5.11. The van der Waals surface area contributed by atoms with Crippen molar-refractivity contribution in [1.82, 2.24) is 0 Å². The van der Waals surface area contributed by atoms with Crippen molar-refractivity contribution in [1.29, 1.82) is 0 Å². The fourth-order valence-corrected chi connectivity index (χ4v) is 1.63. The molecular formula is C14H29NO2S. The molecule has 0 spiro atoms. The molecule has 0 saturated carbocycles. The minimum atomic E-state index is -0.674. The molecular weight excluding hydrogens is 246 g/mol. The fraction of sp³-hybridized carbons (Fsp3) is 0.786. The van der Waals surface area contributed by atoms with Gasteiger partial charge in [0.15, 0.2) is 0 Å². The Morgan fingerprint density at radius 1 is 1.22 bits per heavy atom. The normalized spacial score (nSPS) is 9.44. The summed E-state index contributed by atoms with van der Waals surface area (Å²) in [6.07, 6.45) is 12.2. The van der Waals surface area contributed by atoms with Gasteiger partial charge in [-0.2, -0.15) is 11.8 Å². The van der Waals surface area contributed by atoms with Crippen LogP contribution in [-0.2, 0) is 4.79 Å².